The zero-order chi connectivity index (χ0) is 14.9. The number of ether oxygens (including phenoxy) is 1. The molecule has 1 fully saturated rings. The number of hydrogen-bond donors (Lipinski definition) is 1. The van der Waals surface area contributed by atoms with Gasteiger partial charge in [-0.2, -0.15) is 0 Å². The molecule has 4 atom stereocenters. The van der Waals surface area contributed by atoms with Gasteiger partial charge in [0, 0.05) is 5.92 Å². The number of aliphatic carboxylic acids is 1. The van der Waals surface area contributed by atoms with Crippen molar-refractivity contribution in [2.75, 3.05) is 0 Å². The number of hydrogen-bond acceptors (Lipinski definition) is 3. The van der Waals surface area contributed by atoms with E-state index in [1.807, 2.05) is 37.3 Å². The molecule has 2 rings (SSSR count). The SMILES string of the molecule is CC(C)OC(=O)[C@@H]1[C@H](C)[C@H](C(=O)O)[C@H]1c1ccccc1. The molecule has 0 aliphatic heterocycles. The lowest BCUT2D eigenvalue weighted by Gasteiger charge is -2.47. The predicted octanol–water partition coefficient (Wildman–Crippen LogP) is 2.69. The van der Waals surface area contributed by atoms with Crippen LogP contribution in [0.4, 0.5) is 0 Å². The van der Waals surface area contributed by atoms with Gasteiger partial charge in [0.15, 0.2) is 0 Å². The van der Waals surface area contributed by atoms with Crippen LogP contribution in [0.5, 0.6) is 0 Å². The van der Waals surface area contributed by atoms with E-state index in [9.17, 15) is 14.7 Å². The van der Waals surface area contributed by atoms with Crippen molar-refractivity contribution in [3.8, 4) is 0 Å². The summed E-state index contributed by atoms with van der Waals surface area (Å²) in [7, 11) is 0. The van der Waals surface area contributed by atoms with Gasteiger partial charge in [0.05, 0.1) is 17.9 Å². The summed E-state index contributed by atoms with van der Waals surface area (Å²) in [6, 6.07) is 9.36. The summed E-state index contributed by atoms with van der Waals surface area (Å²) in [6.45, 7) is 5.41. The summed E-state index contributed by atoms with van der Waals surface area (Å²) in [5.41, 5.74) is 0.892. The molecule has 1 aliphatic carbocycles. The summed E-state index contributed by atoms with van der Waals surface area (Å²) in [5.74, 6) is -2.54. The van der Waals surface area contributed by atoms with Crippen molar-refractivity contribution in [1.29, 1.82) is 0 Å². The maximum absolute atomic E-state index is 12.2. The lowest BCUT2D eigenvalue weighted by molar-refractivity contribution is -0.170. The van der Waals surface area contributed by atoms with Crippen LogP contribution in [0.2, 0.25) is 0 Å². The third kappa shape index (κ3) is 2.55. The molecule has 0 heterocycles. The van der Waals surface area contributed by atoms with Crippen molar-refractivity contribution in [1.82, 2.24) is 0 Å². The molecule has 0 spiro atoms. The fourth-order valence-electron chi connectivity index (χ4n) is 3.10. The van der Waals surface area contributed by atoms with Gasteiger partial charge in [-0.05, 0) is 25.3 Å². The van der Waals surface area contributed by atoms with Gasteiger partial charge in [-0.3, -0.25) is 9.59 Å². The Kier molecular flexibility index (Phi) is 4.12. The topological polar surface area (TPSA) is 63.6 Å². The summed E-state index contributed by atoms with van der Waals surface area (Å²) >= 11 is 0. The first-order chi connectivity index (χ1) is 9.43. The summed E-state index contributed by atoms with van der Waals surface area (Å²) in [4.78, 5) is 23.6. The molecule has 1 aromatic carbocycles. The minimum atomic E-state index is -0.847. The number of carbonyl (C=O) groups excluding carboxylic acids is 1. The van der Waals surface area contributed by atoms with Crippen molar-refractivity contribution in [3.63, 3.8) is 0 Å². The van der Waals surface area contributed by atoms with E-state index in [0.29, 0.717) is 0 Å². The third-order valence-electron chi connectivity index (χ3n) is 4.00. The quantitative estimate of drug-likeness (QED) is 0.859. The molecule has 0 aromatic heterocycles. The molecule has 108 valence electrons. The van der Waals surface area contributed by atoms with E-state index in [1.165, 1.54) is 0 Å². The first-order valence-electron chi connectivity index (χ1n) is 6.91. The van der Waals surface area contributed by atoms with Gasteiger partial charge >= 0.3 is 11.9 Å². The van der Waals surface area contributed by atoms with Gasteiger partial charge in [0.25, 0.3) is 0 Å². The average Bonchev–Trinajstić information content (AvgIpc) is 2.35. The van der Waals surface area contributed by atoms with Crippen molar-refractivity contribution < 1.29 is 19.4 Å². The Morgan fingerprint density at radius 1 is 1.15 bits per heavy atom. The lowest BCUT2D eigenvalue weighted by atomic mass is 9.55. The van der Waals surface area contributed by atoms with E-state index >= 15 is 0 Å². The second-order valence-corrected chi connectivity index (χ2v) is 5.67. The molecule has 0 radical (unpaired) electrons. The average molecular weight is 276 g/mol. The maximum atomic E-state index is 12.2. The van der Waals surface area contributed by atoms with Crippen LogP contribution in [0.1, 0.15) is 32.3 Å². The van der Waals surface area contributed by atoms with Crippen molar-refractivity contribution >= 4 is 11.9 Å². The standard InChI is InChI=1S/C16H20O4/c1-9(2)20-16(19)13-10(3)12(15(17)18)14(13)11-7-5-4-6-8-11/h4-10,12-14H,1-3H3,(H,17,18)/t10-,12+,13-,14-/m1/s1. The zero-order valence-corrected chi connectivity index (χ0v) is 11.9. The van der Waals surface area contributed by atoms with Gasteiger partial charge in [-0.15, -0.1) is 0 Å². The molecule has 1 N–H and O–H groups in total. The van der Waals surface area contributed by atoms with E-state index < -0.39 is 11.9 Å². The Hall–Kier alpha value is -1.84. The van der Waals surface area contributed by atoms with Gasteiger partial charge in [-0.1, -0.05) is 37.3 Å². The molecular weight excluding hydrogens is 256 g/mol. The summed E-state index contributed by atoms with van der Waals surface area (Å²) in [5, 5.41) is 9.36. The monoisotopic (exact) mass is 276 g/mol. The number of carboxylic acids is 1. The lowest BCUT2D eigenvalue weighted by Crippen LogP contribution is -2.52. The second kappa shape index (κ2) is 5.65. The van der Waals surface area contributed by atoms with E-state index in [2.05, 4.69) is 0 Å². The van der Waals surface area contributed by atoms with Crippen LogP contribution in [0.25, 0.3) is 0 Å². The Bertz CT molecular complexity index is 494. The second-order valence-electron chi connectivity index (χ2n) is 5.67. The first-order valence-corrected chi connectivity index (χ1v) is 6.91. The highest BCUT2D eigenvalue weighted by atomic mass is 16.5. The number of esters is 1. The van der Waals surface area contributed by atoms with Gasteiger partial charge in [0.2, 0.25) is 0 Å². The van der Waals surface area contributed by atoms with Crippen LogP contribution < -0.4 is 0 Å². The number of carboxylic acid groups (broad SMARTS) is 1. The van der Waals surface area contributed by atoms with Crippen molar-refractivity contribution in [2.45, 2.75) is 32.8 Å². The minimum absolute atomic E-state index is 0.185. The minimum Gasteiger partial charge on any atom is -0.481 e. The fraction of sp³-hybridized carbons (Fsp3) is 0.500. The molecule has 1 saturated carbocycles. The summed E-state index contributed by atoms with van der Waals surface area (Å²) < 4.78 is 5.27. The molecular formula is C16H20O4. The molecule has 1 aromatic rings. The Labute approximate surface area is 118 Å². The van der Waals surface area contributed by atoms with Crippen molar-refractivity contribution in [2.24, 2.45) is 17.8 Å². The maximum Gasteiger partial charge on any atom is 0.310 e. The van der Waals surface area contributed by atoms with E-state index in [4.69, 9.17) is 4.74 Å². The number of benzene rings is 1. The molecule has 20 heavy (non-hydrogen) atoms. The van der Waals surface area contributed by atoms with E-state index in [1.54, 1.807) is 13.8 Å². The van der Waals surface area contributed by atoms with Crippen LogP contribution in [-0.4, -0.2) is 23.1 Å². The van der Waals surface area contributed by atoms with Crippen LogP contribution in [-0.2, 0) is 14.3 Å². The van der Waals surface area contributed by atoms with Crippen LogP contribution in [0.3, 0.4) is 0 Å². The zero-order valence-electron chi connectivity index (χ0n) is 11.9. The largest absolute Gasteiger partial charge is 0.481 e. The Balaban J connectivity index is 2.27. The normalized spacial score (nSPS) is 28.8. The predicted molar refractivity (Wildman–Crippen MR) is 74.2 cm³/mol. The number of rotatable bonds is 4. The Morgan fingerprint density at radius 3 is 2.25 bits per heavy atom. The summed E-state index contributed by atoms with van der Waals surface area (Å²) in [6.07, 6.45) is -0.185. The van der Waals surface area contributed by atoms with Crippen molar-refractivity contribution in [3.05, 3.63) is 35.9 Å². The number of carbonyl (C=O) groups is 2. The highest BCUT2D eigenvalue weighted by Gasteiger charge is 2.56. The van der Waals surface area contributed by atoms with Crippen LogP contribution in [0, 0.1) is 17.8 Å². The smallest absolute Gasteiger partial charge is 0.310 e. The van der Waals surface area contributed by atoms with Crippen LogP contribution >= 0.6 is 0 Å². The molecule has 4 nitrogen and oxygen atoms in total. The first kappa shape index (κ1) is 14.6. The molecule has 0 bridgehead atoms. The van der Waals surface area contributed by atoms with Gasteiger partial charge in [0.1, 0.15) is 0 Å². The molecule has 4 heteroatoms. The molecule has 0 unspecified atom stereocenters. The Morgan fingerprint density at radius 2 is 1.75 bits per heavy atom. The van der Waals surface area contributed by atoms with E-state index in [-0.39, 0.29) is 29.8 Å². The van der Waals surface area contributed by atoms with Gasteiger partial charge < -0.3 is 9.84 Å². The van der Waals surface area contributed by atoms with E-state index in [0.717, 1.165) is 5.56 Å². The molecule has 0 amide bonds. The fourth-order valence-corrected chi connectivity index (χ4v) is 3.10. The molecule has 1 aliphatic rings. The molecule has 0 saturated heterocycles. The third-order valence-corrected chi connectivity index (χ3v) is 4.00. The van der Waals surface area contributed by atoms with Gasteiger partial charge in [-0.25, -0.2) is 0 Å². The van der Waals surface area contributed by atoms with Crippen LogP contribution in [0.15, 0.2) is 30.3 Å². The highest BCUT2D eigenvalue weighted by Crippen LogP contribution is 2.52. The highest BCUT2D eigenvalue weighted by molar-refractivity contribution is 5.82.